The molecule has 0 bridgehead atoms. The fourth-order valence-corrected chi connectivity index (χ4v) is 5.61. The number of nitrogens with zero attached hydrogens (tertiary/aromatic N) is 4. The highest BCUT2D eigenvalue weighted by molar-refractivity contribution is 6.19. The third-order valence-electron chi connectivity index (χ3n) is 7.24. The normalized spacial score (nSPS) is 20.3. The highest BCUT2D eigenvalue weighted by Gasteiger charge is 2.32. The number of ether oxygens (including phenoxy) is 1. The smallest absolute Gasteiger partial charge is 0.318 e. The van der Waals surface area contributed by atoms with Gasteiger partial charge in [0, 0.05) is 43.2 Å². The molecular weight excluding hydrogens is 460 g/mol. The number of rotatable bonds is 5. The molecule has 35 heavy (non-hydrogen) atoms. The number of carbonyl (C=O) groups excluding carboxylic acids is 1. The number of hydrogen-bond donors (Lipinski definition) is 0. The van der Waals surface area contributed by atoms with Crippen molar-refractivity contribution in [1.82, 2.24) is 14.9 Å². The molecule has 1 aliphatic carbocycles. The third-order valence-corrected chi connectivity index (χ3v) is 7.42. The van der Waals surface area contributed by atoms with E-state index in [1.54, 1.807) is 19.3 Å². The van der Waals surface area contributed by atoms with Crippen molar-refractivity contribution in [3.05, 3.63) is 71.4 Å². The number of alkyl halides is 1. The molecule has 2 aliphatic rings. The van der Waals surface area contributed by atoms with Gasteiger partial charge in [0.05, 0.1) is 12.8 Å². The molecule has 1 unspecified atom stereocenters. The fourth-order valence-electron chi connectivity index (χ4n) is 5.52. The molecule has 1 amide bonds. The number of methoxy groups -OCH3 is 1. The van der Waals surface area contributed by atoms with Crippen LogP contribution in [0, 0.1) is 0 Å². The van der Waals surface area contributed by atoms with Crippen molar-refractivity contribution in [2.24, 2.45) is 0 Å². The van der Waals surface area contributed by atoms with Gasteiger partial charge in [-0.05, 0) is 48.4 Å². The monoisotopic (exact) mass is 490 g/mol. The van der Waals surface area contributed by atoms with Crippen molar-refractivity contribution in [3.63, 3.8) is 0 Å². The van der Waals surface area contributed by atoms with E-state index < -0.39 is 0 Å². The molecule has 2 heterocycles. The van der Waals surface area contributed by atoms with Crippen LogP contribution < -0.4 is 9.64 Å². The number of hydrogen-bond acceptors (Lipinski definition) is 5. The molecule has 1 fully saturated rings. The van der Waals surface area contributed by atoms with Crippen LogP contribution in [0.4, 0.5) is 5.82 Å². The maximum absolute atomic E-state index is 12.5. The molecule has 2 aromatic carbocycles. The van der Waals surface area contributed by atoms with E-state index in [0.29, 0.717) is 24.4 Å². The molecule has 7 heteroatoms. The van der Waals surface area contributed by atoms with Gasteiger partial charge in [-0.2, -0.15) is 9.97 Å². The zero-order chi connectivity index (χ0) is 24.4. The van der Waals surface area contributed by atoms with E-state index >= 15 is 0 Å². The summed E-state index contributed by atoms with van der Waals surface area (Å²) in [6, 6.07) is 15.7. The van der Waals surface area contributed by atoms with Gasteiger partial charge in [0.25, 0.3) is 0 Å². The second-order valence-corrected chi connectivity index (χ2v) is 9.66. The number of anilines is 1. The van der Waals surface area contributed by atoms with Gasteiger partial charge in [0.2, 0.25) is 5.91 Å². The lowest BCUT2D eigenvalue weighted by molar-refractivity contribution is -0.128. The molecule has 6 nitrogen and oxygen atoms in total. The van der Waals surface area contributed by atoms with Gasteiger partial charge in [0.15, 0.2) is 0 Å². The predicted molar refractivity (Wildman–Crippen MR) is 141 cm³/mol. The third kappa shape index (κ3) is 4.72. The Morgan fingerprint density at radius 2 is 2.00 bits per heavy atom. The summed E-state index contributed by atoms with van der Waals surface area (Å²) < 4.78 is 5.52. The summed E-state index contributed by atoms with van der Waals surface area (Å²) in [6.07, 6.45) is 6.12. The Bertz CT molecular complexity index is 1260. The maximum Gasteiger partial charge on any atom is 0.318 e. The van der Waals surface area contributed by atoms with Gasteiger partial charge in [-0.25, -0.2) is 0 Å². The Morgan fingerprint density at radius 3 is 2.80 bits per heavy atom. The van der Waals surface area contributed by atoms with Crippen LogP contribution in [0.2, 0.25) is 0 Å². The van der Waals surface area contributed by atoms with Crippen LogP contribution in [0.25, 0.3) is 10.8 Å². The number of carbonyl (C=O) groups is 1. The number of amides is 1. The molecule has 1 aliphatic heterocycles. The Morgan fingerprint density at radius 1 is 1.17 bits per heavy atom. The number of benzene rings is 2. The molecule has 5 rings (SSSR count). The van der Waals surface area contributed by atoms with Crippen LogP contribution in [0.1, 0.15) is 36.1 Å². The van der Waals surface area contributed by atoms with E-state index in [9.17, 15) is 4.79 Å². The number of aromatic nitrogens is 2. The Hall–Kier alpha value is -3.12. The average molecular weight is 491 g/mol. The quantitative estimate of drug-likeness (QED) is 0.382. The van der Waals surface area contributed by atoms with E-state index in [2.05, 4.69) is 54.3 Å². The van der Waals surface area contributed by atoms with Gasteiger partial charge >= 0.3 is 6.01 Å². The van der Waals surface area contributed by atoms with Crippen LogP contribution in [0.5, 0.6) is 6.01 Å². The lowest BCUT2D eigenvalue weighted by Crippen LogP contribution is -2.54. The molecule has 2 atom stereocenters. The van der Waals surface area contributed by atoms with Crippen molar-refractivity contribution in [1.29, 1.82) is 0 Å². The number of allylic oxidation sites excluding steroid dienone is 1. The average Bonchev–Trinajstić information content (AvgIpc) is 2.90. The summed E-state index contributed by atoms with van der Waals surface area (Å²) in [7, 11) is 1.62. The minimum Gasteiger partial charge on any atom is -0.467 e. The fraction of sp³-hybridized carbons (Fsp3) is 0.393. The first-order chi connectivity index (χ1) is 17.1. The zero-order valence-corrected chi connectivity index (χ0v) is 21.0. The zero-order valence-electron chi connectivity index (χ0n) is 20.3. The van der Waals surface area contributed by atoms with Gasteiger partial charge in [-0.1, -0.05) is 48.5 Å². The standard InChI is InChI=1S/C28H31ClN4O2/c1-19-18-32(15-16-33(19)26(34)11-6-14-29)27-24-13-12-21(17-25(24)30-28(31-27)35-2)23-10-5-8-20-7-3-4-9-22(20)23/h3-11,19,21H,12-18H2,1-2H3/b11-6+/t19-,21?/m0/s1. The minimum absolute atomic E-state index is 0.0121. The number of fused-ring (bicyclic) bond motifs is 2. The summed E-state index contributed by atoms with van der Waals surface area (Å²) in [5.41, 5.74) is 3.68. The van der Waals surface area contributed by atoms with Gasteiger partial charge in [0.1, 0.15) is 5.82 Å². The molecule has 0 N–H and O–H groups in total. The van der Waals surface area contributed by atoms with E-state index in [4.69, 9.17) is 26.3 Å². The lowest BCUT2D eigenvalue weighted by Gasteiger charge is -2.41. The number of piperazine rings is 1. The van der Waals surface area contributed by atoms with Gasteiger partial charge in [-0.15, -0.1) is 11.6 Å². The van der Waals surface area contributed by atoms with Crippen molar-refractivity contribution in [2.75, 3.05) is 37.5 Å². The van der Waals surface area contributed by atoms with E-state index in [-0.39, 0.29) is 11.9 Å². The molecular formula is C28H31ClN4O2. The predicted octanol–water partition coefficient (Wildman–Crippen LogP) is 4.74. The largest absolute Gasteiger partial charge is 0.467 e. The SMILES string of the molecule is COc1nc2c(c(N3CCN(C(=O)/C=C/CCl)[C@@H](C)C3)n1)CCC(c1cccc3ccccc13)C2. The van der Waals surface area contributed by atoms with Crippen LogP contribution in [-0.2, 0) is 17.6 Å². The summed E-state index contributed by atoms with van der Waals surface area (Å²) >= 11 is 5.71. The summed E-state index contributed by atoms with van der Waals surface area (Å²) in [4.78, 5) is 26.3. The summed E-state index contributed by atoms with van der Waals surface area (Å²) in [5.74, 6) is 1.71. The lowest BCUT2D eigenvalue weighted by atomic mass is 9.80. The summed E-state index contributed by atoms with van der Waals surface area (Å²) in [6.45, 7) is 4.18. The van der Waals surface area contributed by atoms with Gasteiger partial charge in [-0.3, -0.25) is 4.79 Å². The van der Waals surface area contributed by atoms with Crippen LogP contribution >= 0.6 is 11.6 Å². The maximum atomic E-state index is 12.5. The number of halogens is 1. The van der Waals surface area contributed by atoms with Crippen molar-refractivity contribution in [2.45, 2.75) is 38.1 Å². The highest BCUT2D eigenvalue weighted by Crippen LogP contribution is 2.39. The summed E-state index contributed by atoms with van der Waals surface area (Å²) in [5, 5.41) is 2.60. The highest BCUT2D eigenvalue weighted by atomic mass is 35.5. The molecule has 3 aromatic rings. The van der Waals surface area contributed by atoms with Crippen LogP contribution in [0.3, 0.4) is 0 Å². The molecule has 0 saturated carbocycles. The van der Waals surface area contributed by atoms with Crippen molar-refractivity contribution < 1.29 is 9.53 Å². The van der Waals surface area contributed by atoms with E-state index in [0.717, 1.165) is 43.9 Å². The first-order valence-corrected chi connectivity index (χ1v) is 12.8. The molecule has 182 valence electrons. The second-order valence-electron chi connectivity index (χ2n) is 9.35. The van der Waals surface area contributed by atoms with Crippen LogP contribution in [-0.4, -0.2) is 59.4 Å². The second kappa shape index (κ2) is 10.2. The molecule has 1 saturated heterocycles. The topological polar surface area (TPSA) is 58.6 Å². The Labute approximate surface area is 211 Å². The van der Waals surface area contributed by atoms with E-state index in [1.807, 2.05) is 4.90 Å². The first-order valence-electron chi connectivity index (χ1n) is 12.3. The van der Waals surface area contributed by atoms with Crippen molar-refractivity contribution in [3.8, 4) is 6.01 Å². The van der Waals surface area contributed by atoms with Gasteiger partial charge < -0.3 is 14.5 Å². The Kier molecular flexibility index (Phi) is 6.91. The van der Waals surface area contributed by atoms with Crippen molar-refractivity contribution >= 4 is 34.1 Å². The molecule has 0 radical (unpaired) electrons. The Balaban J connectivity index is 1.42. The van der Waals surface area contributed by atoms with E-state index in [1.165, 1.54) is 21.9 Å². The molecule has 0 spiro atoms. The van der Waals surface area contributed by atoms with Crippen LogP contribution in [0.15, 0.2) is 54.6 Å². The molecule has 1 aromatic heterocycles. The minimum atomic E-state index is 0.0121. The first kappa shape index (κ1) is 23.6.